The predicted molar refractivity (Wildman–Crippen MR) is 81.5 cm³/mol. The molecule has 96 valence electrons. The molecule has 0 N–H and O–H groups in total. The molecule has 3 heteroatoms. The van der Waals surface area contributed by atoms with E-state index in [1.807, 2.05) is 6.07 Å². The molecule has 0 saturated carbocycles. The Morgan fingerprint density at radius 3 is 2.74 bits per heavy atom. The zero-order chi connectivity index (χ0) is 13.2. The maximum Gasteiger partial charge on any atom is 0.169 e. The molecule has 0 bridgehead atoms. The van der Waals surface area contributed by atoms with Gasteiger partial charge in [-0.05, 0) is 24.6 Å². The first-order valence-electron chi connectivity index (χ1n) is 6.34. The van der Waals surface area contributed by atoms with Crippen LogP contribution in [-0.4, -0.2) is 9.55 Å². The molecular weight excluding hydrogens is 252 g/mol. The third-order valence-corrected chi connectivity index (χ3v) is 4.30. The van der Waals surface area contributed by atoms with E-state index in [9.17, 15) is 0 Å². The van der Waals surface area contributed by atoms with Crippen LogP contribution < -0.4 is 0 Å². The third-order valence-electron chi connectivity index (χ3n) is 3.20. The zero-order valence-corrected chi connectivity index (χ0v) is 11.9. The highest BCUT2D eigenvalue weighted by molar-refractivity contribution is 7.98. The highest BCUT2D eigenvalue weighted by Gasteiger charge is 2.07. The van der Waals surface area contributed by atoms with E-state index in [1.165, 1.54) is 16.6 Å². The van der Waals surface area contributed by atoms with E-state index < -0.39 is 0 Å². The minimum absolute atomic E-state index is 0.957. The van der Waals surface area contributed by atoms with Crippen molar-refractivity contribution in [1.29, 1.82) is 0 Å². The van der Waals surface area contributed by atoms with Gasteiger partial charge in [0, 0.05) is 12.8 Å². The molecule has 0 saturated heterocycles. The van der Waals surface area contributed by atoms with Crippen LogP contribution >= 0.6 is 11.8 Å². The van der Waals surface area contributed by atoms with Crippen LogP contribution in [0.25, 0.3) is 11.0 Å². The number of nitrogens with zero attached hydrogens (tertiary/aromatic N) is 2. The summed E-state index contributed by atoms with van der Waals surface area (Å²) in [5.74, 6) is 0.957. The van der Waals surface area contributed by atoms with E-state index in [0.717, 1.165) is 16.4 Å². The zero-order valence-electron chi connectivity index (χ0n) is 11.1. The molecule has 0 amide bonds. The van der Waals surface area contributed by atoms with Crippen LogP contribution in [0, 0.1) is 6.92 Å². The second-order valence-corrected chi connectivity index (χ2v) is 5.66. The lowest BCUT2D eigenvalue weighted by atomic mass is 10.2. The molecule has 0 atom stereocenters. The summed E-state index contributed by atoms with van der Waals surface area (Å²) in [5.41, 5.74) is 4.91. The first kappa shape index (κ1) is 12.3. The summed E-state index contributed by atoms with van der Waals surface area (Å²) in [4.78, 5) is 4.68. The minimum atomic E-state index is 0.957. The fraction of sp³-hybridized carbons (Fsp3) is 0.188. The molecule has 0 aliphatic heterocycles. The van der Waals surface area contributed by atoms with E-state index in [-0.39, 0.29) is 0 Å². The van der Waals surface area contributed by atoms with Gasteiger partial charge in [0.05, 0.1) is 11.0 Å². The van der Waals surface area contributed by atoms with Crippen molar-refractivity contribution in [2.24, 2.45) is 7.05 Å². The van der Waals surface area contributed by atoms with Crippen LogP contribution in [0.2, 0.25) is 0 Å². The number of hydrogen-bond acceptors (Lipinski definition) is 2. The fourth-order valence-electron chi connectivity index (χ4n) is 2.20. The number of thioether (sulfide) groups is 1. The number of imidazole rings is 1. The summed E-state index contributed by atoms with van der Waals surface area (Å²) in [6, 6.07) is 16.9. The molecule has 0 aliphatic rings. The molecule has 3 aromatic rings. The molecular formula is C16H16N2S. The monoisotopic (exact) mass is 268 g/mol. The number of aryl methyl sites for hydroxylation is 2. The van der Waals surface area contributed by atoms with Crippen molar-refractivity contribution >= 4 is 22.8 Å². The Hall–Kier alpha value is -1.74. The quantitative estimate of drug-likeness (QED) is 0.663. The number of benzene rings is 2. The largest absolute Gasteiger partial charge is 0.322 e. The molecule has 2 aromatic carbocycles. The molecule has 3 rings (SSSR count). The standard InChI is InChI=1S/C16H16N2S/c1-12-6-5-7-13(10-12)11-19-16-17-14-8-3-4-9-15(14)18(16)2/h3-10H,11H2,1-2H3. The van der Waals surface area contributed by atoms with Crippen molar-refractivity contribution in [2.45, 2.75) is 17.8 Å². The average molecular weight is 268 g/mol. The van der Waals surface area contributed by atoms with Crippen LogP contribution in [0.5, 0.6) is 0 Å². The van der Waals surface area contributed by atoms with Gasteiger partial charge in [0.15, 0.2) is 5.16 Å². The van der Waals surface area contributed by atoms with Gasteiger partial charge in [-0.15, -0.1) is 0 Å². The highest BCUT2D eigenvalue weighted by atomic mass is 32.2. The topological polar surface area (TPSA) is 17.8 Å². The molecule has 0 fully saturated rings. The summed E-state index contributed by atoms with van der Waals surface area (Å²) >= 11 is 1.79. The Bertz CT molecular complexity index is 716. The van der Waals surface area contributed by atoms with E-state index >= 15 is 0 Å². The van der Waals surface area contributed by atoms with Crippen molar-refractivity contribution in [2.75, 3.05) is 0 Å². The van der Waals surface area contributed by atoms with E-state index in [1.54, 1.807) is 11.8 Å². The molecule has 0 radical (unpaired) electrons. The van der Waals surface area contributed by atoms with Gasteiger partial charge in [0.2, 0.25) is 0 Å². The lowest BCUT2D eigenvalue weighted by molar-refractivity contribution is 0.815. The lowest BCUT2D eigenvalue weighted by Gasteiger charge is -2.03. The van der Waals surface area contributed by atoms with Crippen molar-refractivity contribution in [1.82, 2.24) is 9.55 Å². The van der Waals surface area contributed by atoms with Crippen molar-refractivity contribution in [3.63, 3.8) is 0 Å². The summed E-state index contributed by atoms with van der Waals surface area (Å²) in [7, 11) is 2.08. The Morgan fingerprint density at radius 2 is 1.95 bits per heavy atom. The SMILES string of the molecule is Cc1cccc(CSc2nc3ccccc3n2C)c1. The van der Waals surface area contributed by atoms with E-state index in [2.05, 4.69) is 66.0 Å². The molecule has 0 aliphatic carbocycles. The van der Waals surface area contributed by atoms with Gasteiger partial charge < -0.3 is 4.57 Å². The van der Waals surface area contributed by atoms with Crippen LogP contribution in [-0.2, 0) is 12.8 Å². The minimum Gasteiger partial charge on any atom is -0.322 e. The van der Waals surface area contributed by atoms with Crippen LogP contribution in [0.15, 0.2) is 53.7 Å². The Morgan fingerprint density at radius 1 is 1.11 bits per heavy atom. The van der Waals surface area contributed by atoms with E-state index in [0.29, 0.717) is 0 Å². The number of hydrogen-bond donors (Lipinski definition) is 0. The molecule has 0 unspecified atom stereocenters. The maximum atomic E-state index is 4.68. The highest BCUT2D eigenvalue weighted by Crippen LogP contribution is 2.25. The van der Waals surface area contributed by atoms with Gasteiger partial charge in [-0.1, -0.05) is 53.7 Å². The third kappa shape index (κ3) is 2.51. The lowest BCUT2D eigenvalue weighted by Crippen LogP contribution is -1.91. The van der Waals surface area contributed by atoms with Gasteiger partial charge >= 0.3 is 0 Å². The normalized spacial score (nSPS) is 11.1. The van der Waals surface area contributed by atoms with Crippen molar-refractivity contribution < 1.29 is 0 Å². The van der Waals surface area contributed by atoms with Gasteiger partial charge in [0.1, 0.15) is 0 Å². The summed E-state index contributed by atoms with van der Waals surface area (Å²) in [5, 5.41) is 1.07. The molecule has 1 aromatic heterocycles. The van der Waals surface area contributed by atoms with Crippen molar-refractivity contribution in [3.8, 4) is 0 Å². The summed E-state index contributed by atoms with van der Waals surface area (Å²) < 4.78 is 2.16. The molecule has 19 heavy (non-hydrogen) atoms. The van der Waals surface area contributed by atoms with Crippen LogP contribution in [0.1, 0.15) is 11.1 Å². The second kappa shape index (κ2) is 5.10. The number of para-hydroxylation sites is 2. The Labute approximate surface area is 117 Å². The Kier molecular flexibility index (Phi) is 3.30. The fourth-order valence-corrected chi connectivity index (χ4v) is 3.13. The second-order valence-electron chi connectivity index (χ2n) is 4.72. The smallest absolute Gasteiger partial charge is 0.169 e. The summed E-state index contributed by atoms with van der Waals surface area (Å²) in [6.45, 7) is 2.13. The van der Waals surface area contributed by atoms with Crippen molar-refractivity contribution in [3.05, 3.63) is 59.7 Å². The summed E-state index contributed by atoms with van der Waals surface area (Å²) in [6.07, 6.45) is 0. The number of fused-ring (bicyclic) bond motifs is 1. The predicted octanol–water partition coefficient (Wildman–Crippen LogP) is 4.17. The molecule has 2 nitrogen and oxygen atoms in total. The van der Waals surface area contributed by atoms with Crippen LogP contribution in [0.4, 0.5) is 0 Å². The average Bonchev–Trinajstić information content (AvgIpc) is 2.74. The first-order valence-corrected chi connectivity index (χ1v) is 7.32. The van der Waals surface area contributed by atoms with Gasteiger partial charge in [-0.2, -0.15) is 0 Å². The number of rotatable bonds is 3. The van der Waals surface area contributed by atoms with Gasteiger partial charge in [-0.3, -0.25) is 0 Å². The first-order chi connectivity index (χ1) is 9.24. The van der Waals surface area contributed by atoms with Gasteiger partial charge in [-0.25, -0.2) is 4.98 Å². The van der Waals surface area contributed by atoms with E-state index in [4.69, 9.17) is 0 Å². The number of aromatic nitrogens is 2. The maximum absolute atomic E-state index is 4.68. The molecule has 1 heterocycles. The Balaban J connectivity index is 1.84. The molecule has 0 spiro atoms. The van der Waals surface area contributed by atoms with Crippen LogP contribution in [0.3, 0.4) is 0 Å². The van der Waals surface area contributed by atoms with Gasteiger partial charge in [0.25, 0.3) is 0 Å².